The summed E-state index contributed by atoms with van der Waals surface area (Å²) in [5.41, 5.74) is 2.09. The molecule has 1 atom stereocenters. The zero-order valence-corrected chi connectivity index (χ0v) is 11.9. The number of aryl methyl sites for hydroxylation is 1. The summed E-state index contributed by atoms with van der Waals surface area (Å²) in [6.45, 7) is 5.94. The van der Waals surface area contributed by atoms with Crippen LogP contribution in [-0.4, -0.2) is 20.9 Å². The number of hydrogen-bond donors (Lipinski definition) is 1. The van der Waals surface area contributed by atoms with Crippen LogP contribution in [0.2, 0.25) is 0 Å². The first-order valence-corrected chi connectivity index (χ1v) is 6.57. The molecule has 2 heterocycles. The fourth-order valence-corrected chi connectivity index (χ4v) is 1.92. The first kappa shape index (κ1) is 14.1. The maximum atomic E-state index is 12.2. The van der Waals surface area contributed by atoms with E-state index < -0.39 is 0 Å². The Bertz CT molecular complexity index is 566. The second-order valence-corrected chi connectivity index (χ2v) is 5.02. The molecule has 2 aromatic rings. The second-order valence-electron chi connectivity index (χ2n) is 5.02. The molecule has 1 N–H and O–H groups in total. The van der Waals surface area contributed by atoms with Crippen molar-refractivity contribution in [2.45, 2.75) is 26.8 Å². The molecule has 0 saturated carbocycles. The van der Waals surface area contributed by atoms with Crippen molar-refractivity contribution in [2.24, 2.45) is 5.92 Å². The fourth-order valence-electron chi connectivity index (χ4n) is 1.92. The van der Waals surface area contributed by atoms with Crippen LogP contribution in [0.15, 0.2) is 36.9 Å². The summed E-state index contributed by atoms with van der Waals surface area (Å²) in [7, 11) is 0. The molecule has 5 nitrogen and oxygen atoms in total. The van der Waals surface area contributed by atoms with Gasteiger partial charge in [-0.15, -0.1) is 0 Å². The molecule has 5 heteroatoms. The molecule has 2 rings (SSSR count). The minimum atomic E-state index is -0.222. The smallest absolute Gasteiger partial charge is 0.271 e. The predicted molar refractivity (Wildman–Crippen MR) is 76.1 cm³/mol. The molecule has 0 aliphatic heterocycles. The maximum Gasteiger partial charge on any atom is 0.271 e. The molecule has 1 amide bonds. The average Bonchev–Trinajstić information content (AvgIpc) is 2.46. The van der Waals surface area contributed by atoms with Crippen molar-refractivity contribution >= 4 is 5.91 Å². The molecular weight excluding hydrogens is 252 g/mol. The predicted octanol–water partition coefficient (Wildman–Crippen LogP) is 2.31. The van der Waals surface area contributed by atoms with Crippen molar-refractivity contribution in [3.63, 3.8) is 0 Å². The van der Waals surface area contributed by atoms with Crippen LogP contribution in [0.25, 0.3) is 0 Å². The standard InChI is InChI=1S/C15H18N4O/c1-10(2)14(12-5-4-6-16-8-12)19-15(20)13-9-17-11(3)7-18-13/h4-10,14H,1-3H3,(H,19,20). The third kappa shape index (κ3) is 3.38. The molecule has 0 aliphatic carbocycles. The summed E-state index contributed by atoms with van der Waals surface area (Å²) in [5.74, 6) is 0.0293. The number of pyridine rings is 1. The van der Waals surface area contributed by atoms with Gasteiger partial charge in [0.25, 0.3) is 5.91 Å². The van der Waals surface area contributed by atoms with Crippen LogP contribution in [-0.2, 0) is 0 Å². The summed E-state index contributed by atoms with van der Waals surface area (Å²) in [6.07, 6.45) is 6.56. The normalized spacial score (nSPS) is 12.2. The lowest BCUT2D eigenvalue weighted by Gasteiger charge is -2.22. The van der Waals surface area contributed by atoms with E-state index in [0.717, 1.165) is 11.3 Å². The van der Waals surface area contributed by atoms with E-state index in [1.54, 1.807) is 18.6 Å². The number of hydrogen-bond acceptors (Lipinski definition) is 4. The van der Waals surface area contributed by atoms with Gasteiger partial charge in [0.15, 0.2) is 0 Å². The van der Waals surface area contributed by atoms with Gasteiger partial charge in [-0.1, -0.05) is 19.9 Å². The summed E-state index contributed by atoms with van der Waals surface area (Å²) in [5, 5.41) is 2.99. The highest BCUT2D eigenvalue weighted by atomic mass is 16.1. The Kier molecular flexibility index (Phi) is 4.40. The lowest BCUT2D eigenvalue weighted by molar-refractivity contribution is 0.0920. The maximum absolute atomic E-state index is 12.2. The Balaban J connectivity index is 2.17. The van der Waals surface area contributed by atoms with E-state index in [0.29, 0.717) is 5.69 Å². The Morgan fingerprint density at radius 1 is 1.20 bits per heavy atom. The lowest BCUT2D eigenvalue weighted by atomic mass is 9.97. The van der Waals surface area contributed by atoms with Gasteiger partial charge in [-0.25, -0.2) is 4.98 Å². The average molecular weight is 270 g/mol. The van der Waals surface area contributed by atoms with Gasteiger partial charge in [-0.3, -0.25) is 14.8 Å². The number of aromatic nitrogens is 3. The van der Waals surface area contributed by atoms with Gasteiger partial charge in [0.05, 0.1) is 17.9 Å². The first-order valence-electron chi connectivity index (χ1n) is 6.57. The Labute approximate surface area is 118 Å². The molecule has 20 heavy (non-hydrogen) atoms. The van der Waals surface area contributed by atoms with Crippen LogP contribution >= 0.6 is 0 Å². The summed E-state index contributed by atoms with van der Waals surface area (Å²) >= 11 is 0. The zero-order chi connectivity index (χ0) is 14.5. The molecular formula is C15H18N4O. The molecule has 1 unspecified atom stereocenters. The van der Waals surface area contributed by atoms with E-state index in [4.69, 9.17) is 0 Å². The van der Waals surface area contributed by atoms with E-state index in [9.17, 15) is 4.79 Å². The molecule has 0 radical (unpaired) electrons. The zero-order valence-electron chi connectivity index (χ0n) is 11.9. The molecule has 0 bridgehead atoms. The van der Waals surface area contributed by atoms with Gasteiger partial charge >= 0.3 is 0 Å². The molecule has 0 saturated heterocycles. The third-order valence-electron chi connectivity index (χ3n) is 3.01. The number of rotatable bonds is 4. The number of amides is 1. The SMILES string of the molecule is Cc1cnc(C(=O)NC(c2cccnc2)C(C)C)cn1. The molecule has 0 fully saturated rings. The number of nitrogens with one attached hydrogen (secondary N) is 1. The lowest BCUT2D eigenvalue weighted by Crippen LogP contribution is -2.32. The Hall–Kier alpha value is -2.30. The van der Waals surface area contributed by atoms with E-state index in [-0.39, 0.29) is 17.9 Å². The molecule has 0 spiro atoms. The van der Waals surface area contributed by atoms with Crippen LogP contribution in [0, 0.1) is 12.8 Å². The van der Waals surface area contributed by atoms with Crippen molar-refractivity contribution < 1.29 is 4.79 Å². The quantitative estimate of drug-likeness (QED) is 0.925. The van der Waals surface area contributed by atoms with Crippen LogP contribution < -0.4 is 5.32 Å². The van der Waals surface area contributed by atoms with Crippen LogP contribution in [0.4, 0.5) is 0 Å². The summed E-state index contributed by atoms with van der Waals surface area (Å²) in [6, 6.07) is 3.72. The second kappa shape index (κ2) is 6.23. The van der Waals surface area contributed by atoms with Gasteiger partial charge in [0, 0.05) is 18.6 Å². The van der Waals surface area contributed by atoms with Crippen LogP contribution in [0.5, 0.6) is 0 Å². The summed E-state index contributed by atoms with van der Waals surface area (Å²) in [4.78, 5) is 24.5. The third-order valence-corrected chi connectivity index (χ3v) is 3.01. The number of carbonyl (C=O) groups excluding carboxylic acids is 1. The van der Waals surface area contributed by atoms with E-state index in [2.05, 4.69) is 34.1 Å². The van der Waals surface area contributed by atoms with Gasteiger partial charge in [0.2, 0.25) is 0 Å². The number of carbonyl (C=O) groups is 1. The summed E-state index contributed by atoms with van der Waals surface area (Å²) < 4.78 is 0. The van der Waals surface area contributed by atoms with Gasteiger partial charge in [-0.05, 0) is 24.5 Å². The molecule has 2 aromatic heterocycles. The molecule has 104 valence electrons. The van der Waals surface area contributed by atoms with E-state index in [1.807, 2.05) is 19.1 Å². The van der Waals surface area contributed by atoms with Crippen molar-refractivity contribution in [3.05, 3.63) is 53.9 Å². The minimum Gasteiger partial charge on any atom is -0.344 e. The monoisotopic (exact) mass is 270 g/mol. The topological polar surface area (TPSA) is 67.8 Å². The largest absolute Gasteiger partial charge is 0.344 e. The van der Waals surface area contributed by atoms with Gasteiger partial charge in [0.1, 0.15) is 5.69 Å². The van der Waals surface area contributed by atoms with Gasteiger partial charge < -0.3 is 5.32 Å². The highest BCUT2D eigenvalue weighted by Gasteiger charge is 2.20. The minimum absolute atomic E-state index is 0.0979. The van der Waals surface area contributed by atoms with Crippen molar-refractivity contribution in [3.8, 4) is 0 Å². The fraction of sp³-hybridized carbons (Fsp3) is 0.333. The van der Waals surface area contributed by atoms with E-state index in [1.165, 1.54) is 6.20 Å². The molecule has 0 aliphatic rings. The Morgan fingerprint density at radius 2 is 2.00 bits per heavy atom. The number of nitrogens with zero attached hydrogens (tertiary/aromatic N) is 3. The van der Waals surface area contributed by atoms with Crippen molar-refractivity contribution in [1.82, 2.24) is 20.3 Å². The van der Waals surface area contributed by atoms with Crippen LogP contribution in [0.1, 0.15) is 41.6 Å². The first-order chi connectivity index (χ1) is 9.58. The Morgan fingerprint density at radius 3 is 2.55 bits per heavy atom. The highest BCUT2D eigenvalue weighted by Crippen LogP contribution is 2.20. The molecule has 0 aromatic carbocycles. The van der Waals surface area contributed by atoms with Crippen molar-refractivity contribution in [1.29, 1.82) is 0 Å². The van der Waals surface area contributed by atoms with Gasteiger partial charge in [-0.2, -0.15) is 0 Å². The highest BCUT2D eigenvalue weighted by molar-refractivity contribution is 5.92. The van der Waals surface area contributed by atoms with E-state index >= 15 is 0 Å². The van der Waals surface area contributed by atoms with Crippen LogP contribution in [0.3, 0.4) is 0 Å². The van der Waals surface area contributed by atoms with Crippen molar-refractivity contribution in [2.75, 3.05) is 0 Å².